The topological polar surface area (TPSA) is 137 Å². The highest BCUT2D eigenvalue weighted by atomic mass is 32.1. The van der Waals surface area contributed by atoms with Crippen LogP contribution in [0.25, 0.3) is 16.0 Å². The molecule has 3 aromatic rings. The van der Waals surface area contributed by atoms with Gasteiger partial charge in [0.2, 0.25) is 6.33 Å². The van der Waals surface area contributed by atoms with Gasteiger partial charge in [-0.15, -0.1) is 16.0 Å². The predicted molar refractivity (Wildman–Crippen MR) is 70.7 cm³/mol. The van der Waals surface area contributed by atoms with Gasteiger partial charge in [0.05, 0.1) is 5.39 Å². The second-order valence-corrected chi connectivity index (χ2v) is 4.98. The molecular weight excluding hydrogens is 300 g/mol. The number of thiophene rings is 1. The zero-order chi connectivity index (χ0) is 15.1. The SMILES string of the molecule is Cc1c(C(=O)O)sc2ncnc(-n3cnc([N+](=O)[O-])n3)c12. The summed E-state index contributed by atoms with van der Waals surface area (Å²) >= 11 is 1.01. The van der Waals surface area contributed by atoms with E-state index in [4.69, 9.17) is 5.11 Å². The van der Waals surface area contributed by atoms with Crippen molar-refractivity contribution in [3.05, 3.63) is 33.2 Å². The largest absolute Gasteiger partial charge is 0.491 e. The van der Waals surface area contributed by atoms with Crippen LogP contribution < -0.4 is 0 Å². The van der Waals surface area contributed by atoms with E-state index in [1.807, 2.05) is 0 Å². The van der Waals surface area contributed by atoms with Crippen molar-refractivity contribution in [1.82, 2.24) is 24.7 Å². The Balaban J connectivity index is 2.27. The normalized spacial score (nSPS) is 10.9. The van der Waals surface area contributed by atoms with Crippen LogP contribution in [0.1, 0.15) is 15.2 Å². The lowest BCUT2D eigenvalue weighted by atomic mass is 10.2. The van der Waals surface area contributed by atoms with Crippen molar-refractivity contribution in [1.29, 1.82) is 0 Å². The fourth-order valence-electron chi connectivity index (χ4n) is 1.87. The van der Waals surface area contributed by atoms with Gasteiger partial charge >= 0.3 is 11.9 Å². The Labute approximate surface area is 119 Å². The van der Waals surface area contributed by atoms with Gasteiger partial charge in [-0.05, 0) is 17.4 Å². The fraction of sp³-hybridized carbons (Fsp3) is 0.100. The molecule has 11 heteroatoms. The van der Waals surface area contributed by atoms with Gasteiger partial charge < -0.3 is 15.2 Å². The van der Waals surface area contributed by atoms with Crippen LogP contribution in [0, 0.1) is 17.0 Å². The number of hydrogen-bond donors (Lipinski definition) is 1. The van der Waals surface area contributed by atoms with Crippen LogP contribution in [0.15, 0.2) is 12.7 Å². The van der Waals surface area contributed by atoms with E-state index in [0.717, 1.165) is 22.3 Å². The lowest BCUT2D eigenvalue weighted by Gasteiger charge is -1.98. The Morgan fingerprint density at radius 2 is 2.19 bits per heavy atom. The maximum Gasteiger partial charge on any atom is 0.491 e. The molecule has 3 heterocycles. The molecule has 21 heavy (non-hydrogen) atoms. The molecule has 10 nitrogen and oxygen atoms in total. The molecule has 0 saturated heterocycles. The number of hydrogen-bond acceptors (Lipinski definition) is 8. The van der Waals surface area contributed by atoms with Gasteiger partial charge in [-0.1, -0.05) is 4.98 Å². The van der Waals surface area contributed by atoms with Crippen molar-refractivity contribution >= 4 is 33.5 Å². The third-order valence-corrected chi connectivity index (χ3v) is 3.95. The average molecular weight is 306 g/mol. The van der Waals surface area contributed by atoms with Gasteiger partial charge in [0.25, 0.3) is 0 Å². The van der Waals surface area contributed by atoms with E-state index in [1.54, 1.807) is 6.92 Å². The van der Waals surface area contributed by atoms with Gasteiger partial charge in [-0.3, -0.25) is 0 Å². The molecule has 3 aromatic heterocycles. The molecule has 0 radical (unpaired) electrons. The molecule has 0 aromatic carbocycles. The Morgan fingerprint density at radius 1 is 1.43 bits per heavy atom. The second-order valence-electron chi connectivity index (χ2n) is 3.99. The highest BCUT2D eigenvalue weighted by Crippen LogP contribution is 2.32. The van der Waals surface area contributed by atoms with E-state index >= 15 is 0 Å². The van der Waals surface area contributed by atoms with Crippen LogP contribution in [-0.2, 0) is 0 Å². The van der Waals surface area contributed by atoms with Gasteiger partial charge in [0.15, 0.2) is 5.82 Å². The molecule has 0 bridgehead atoms. The summed E-state index contributed by atoms with van der Waals surface area (Å²) in [6.07, 6.45) is 2.39. The third kappa shape index (κ3) is 1.99. The minimum Gasteiger partial charge on any atom is -0.477 e. The Bertz CT molecular complexity index is 885. The molecule has 0 spiro atoms. The third-order valence-electron chi connectivity index (χ3n) is 2.76. The van der Waals surface area contributed by atoms with Crippen LogP contribution in [0.3, 0.4) is 0 Å². The van der Waals surface area contributed by atoms with Crippen molar-refractivity contribution < 1.29 is 14.8 Å². The number of nitrogens with zero attached hydrogens (tertiary/aromatic N) is 6. The second kappa shape index (κ2) is 4.56. The number of aromatic nitrogens is 5. The zero-order valence-corrected chi connectivity index (χ0v) is 11.2. The molecule has 0 aliphatic carbocycles. The quantitative estimate of drug-likeness (QED) is 0.562. The van der Waals surface area contributed by atoms with Gasteiger partial charge in [0.1, 0.15) is 16.0 Å². The van der Waals surface area contributed by atoms with Crippen LogP contribution in [-0.4, -0.2) is 40.7 Å². The van der Waals surface area contributed by atoms with Gasteiger partial charge in [0, 0.05) is 5.10 Å². The standard InChI is InChI=1S/C10H6N6O4S/c1-4-5-7(15-3-13-10(14-15)16(19)20)11-2-12-8(5)21-6(4)9(17)18/h2-3H,1H3,(H,17,18). The van der Waals surface area contributed by atoms with E-state index in [0.29, 0.717) is 15.8 Å². The number of carboxylic acids is 1. The molecule has 0 unspecified atom stereocenters. The van der Waals surface area contributed by atoms with E-state index in [-0.39, 0.29) is 10.7 Å². The van der Waals surface area contributed by atoms with Crippen LogP contribution in [0.4, 0.5) is 5.95 Å². The summed E-state index contributed by atoms with van der Waals surface area (Å²) in [7, 11) is 0. The van der Waals surface area contributed by atoms with Gasteiger partial charge in [-0.25, -0.2) is 14.8 Å². The molecule has 0 aliphatic rings. The first-order valence-corrected chi connectivity index (χ1v) is 6.34. The summed E-state index contributed by atoms with van der Waals surface area (Å²) in [5.74, 6) is -1.37. The number of nitro groups is 1. The maximum absolute atomic E-state index is 11.2. The van der Waals surface area contributed by atoms with Gasteiger partial charge in [-0.2, -0.15) is 0 Å². The molecule has 0 amide bonds. The van der Waals surface area contributed by atoms with Crippen molar-refractivity contribution in [2.75, 3.05) is 0 Å². The van der Waals surface area contributed by atoms with E-state index in [1.165, 1.54) is 6.33 Å². The molecule has 3 rings (SSSR count). The van der Waals surface area contributed by atoms with Crippen molar-refractivity contribution in [2.45, 2.75) is 6.92 Å². The fourth-order valence-corrected chi connectivity index (χ4v) is 2.85. The predicted octanol–water partition coefficient (Wildman–Crippen LogP) is 1.19. The molecule has 1 N–H and O–H groups in total. The summed E-state index contributed by atoms with van der Waals surface area (Å²) in [4.78, 5) is 33.3. The maximum atomic E-state index is 11.2. The molecule has 0 fully saturated rings. The van der Waals surface area contributed by atoms with E-state index in [2.05, 4.69) is 20.1 Å². The monoisotopic (exact) mass is 306 g/mol. The number of aryl methyl sites for hydroxylation is 1. The molecule has 0 saturated carbocycles. The lowest BCUT2D eigenvalue weighted by Crippen LogP contribution is -2.01. The van der Waals surface area contributed by atoms with Crippen molar-refractivity contribution in [2.24, 2.45) is 0 Å². The summed E-state index contributed by atoms with van der Waals surface area (Å²) in [6.45, 7) is 1.63. The summed E-state index contributed by atoms with van der Waals surface area (Å²) < 4.78 is 1.13. The number of rotatable bonds is 3. The molecule has 0 atom stereocenters. The minimum absolute atomic E-state index is 0.140. The Hall–Kier alpha value is -2.95. The smallest absolute Gasteiger partial charge is 0.477 e. The first kappa shape index (κ1) is 13.1. The Kier molecular flexibility index (Phi) is 2.83. The number of carboxylic acid groups (broad SMARTS) is 1. The van der Waals surface area contributed by atoms with Crippen molar-refractivity contribution in [3.63, 3.8) is 0 Å². The first-order valence-electron chi connectivity index (χ1n) is 5.53. The lowest BCUT2D eigenvalue weighted by molar-refractivity contribution is -0.394. The van der Waals surface area contributed by atoms with Crippen LogP contribution >= 0.6 is 11.3 Å². The zero-order valence-electron chi connectivity index (χ0n) is 10.4. The summed E-state index contributed by atoms with van der Waals surface area (Å²) in [5, 5.41) is 24.0. The first-order chi connectivity index (χ1) is 9.99. The number of fused-ring (bicyclic) bond motifs is 1. The molecular formula is C10H6N6O4S. The van der Waals surface area contributed by atoms with E-state index in [9.17, 15) is 14.9 Å². The van der Waals surface area contributed by atoms with Crippen LogP contribution in [0.5, 0.6) is 0 Å². The molecule has 106 valence electrons. The summed E-state index contributed by atoms with van der Waals surface area (Å²) in [6, 6.07) is 0. The Morgan fingerprint density at radius 3 is 2.81 bits per heavy atom. The van der Waals surface area contributed by atoms with Crippen LogP contribution in [0.2, 0.25) is 0 Å². The molecule has 0 aliphatic heterocycles. The van der Waals surface area contributed by atoms with E-state index < -0.39 is 16.8 Å². The number of carbonyl (C=O) groups is 1. The minimum atomic E-state index is -1.06. The highest BCUT2D eigenvalue weighted by Gasteiger charge is 2.22. The summed E-state index contributed by atoms with van der Waals surface area (Å²) in [5.41, 5.74) is 0.483. The van der Waals surface area contributed by atoms with Crippen molar-refractivity contribution in [3.8, 4) is 5.82 Å². The average Bonchev–Trinajstić information content (AvgIpc) is 3.04. The number of aromatic carboxylic acids is 1. The highest BCUT2D eigenvalue weighted by molar-refractivity contribution is 7.20.